The lowest BCUT2D eigenvalue weighted by atomic mass is 10.1. The van der Waals surface area contributed by atoms with Gasteiger partial charge in [-0.15, -0.1) is 0 Å². The molecule has 1 heterocycles. The first kappa shape index (κ1) is 15.9. The summed E-state index contributed by atoms with van der Waals surface area (Å²) in [6, 6.07) is 0.748. The van der Waals surface area contributed by atoms with Gasteiger partial charge in [0.25, 0.3) is 5.91 Å². The Morgan fingerprint density at radius 3 is 2.71 bits per heavy atom. The molecule has 1 aliphatic carbocycles. The Hall–Kier alpha value is -1.50. The number of anilines is 1. The second-order valence-corrected chi connectivity index (χ2v) is 5.59. The number of amides is 1. The lowest BCUT2D eigenvalue weighted by molar-refractivity contribution is -0.144. The normalized spacial score (nSPS) is 16.6. The zero-order valence-electron chi connectivity index (χ0n) is 11.3. The molecule has 0 aliphatic heterocycles. The van der Waals surface area contributed by atoms with E-state index in [0.29, 0.717) is 0 Å². The molecular weight excluding hydrogens is 307 g/mol. The van der Waals surface area contributed by atoms with Gasteiger partial charge in [-0.05, 0) is 31.7 Å². The van der Waals surface area contributed by atoms with Crippen molar-refractivity contribution >= 4 is 23.2 Å². The van der Waals surface area contributed by atoms with Crippen LogP contribution in [0, 0.1) is 5.92 Å². The average Bonchev–Trinajstić information content (AvgIpc) is 3.20. The van der Waals surface area contributed by atoms with Gasteiger partial charge in [0.15, 0.2) is 0 Å². The van der Waals surface area contributed by atoms with Crippen LogP contribution < -0.4 is 5.73 Å². The van der Waals surface area contributed by atoms with Crippen LogP contribution in [0.15, 0.2) is 12.3 Å². The second-order valence-electron chi connectivity index (χ2n) is 5.23. The fraction of sp³-hybridized carbons (Fsp3) is 0.538. The van der Waals surface area contributed by atoms with Gasteiger partial charge in [0.2, 0.25) is 0 Å². The summed E-state index contributed by atoms with van der Waals surface area (Å²) in [6.07, 6.45) is -1.58. The minimum absolute atomic E-state index is 0.101. The van der Waals surface area contributed by atoms with Gasteiger partial charge in [-0.3, -0.25) is 4.79 Å². The molecule has 0 radical (unpaired) electrons. The molecule has 2 rings (SSSR count). The summed E-state index contributed by atoms with van der Waals surface area (Å²) in [6.45, 7) is 0.309. The number of nitrogens with zero attached hydrogens (tertiary/aromatic N) is 2. The predicted molar refractivity (Wildman–Crippen MR) is 72.9 cm³/mol. The van der Waals surface area contributed by atoms with E-state index in [1.807, 2.05) is 0 Å². The second kappa shape index (κ2) is 5.71. The summed E-state index contributed by atoms with van der Waals surface area (Å²) in [5.41, 5.74) is 5.60. The number of rotatable bonds is 4. The van der Waals surface area contributed by atoms with Crippen molar-refractivity contribution in [3.63, 3.8) is 0 Å². The van der Waals surface area contributed by atoms with E-state index >= 15 is 0 Å². The van der Waals surface area contributed by atoms with Crippen LogP contribution in [0.1, 0.15) is 30.1 Å². The quantitative estimate of drug-likeness (QED) is 0.867. The first-order valence-corrected chi connectivity index (χ1v) is 6.85. The highest BCUT2D eigenvalue weighted by molar-refractivity contribution is 6.32. The van der Waals surface area contributed by atoms with Gasteiger partial charge in [-0.1, -0.05) is 11.6 Å². The Kier molecular flexibility index (Phi) is 4.32. The van der Waals surface area contributed by atoms with E-state index in [4.69, 9.17) is 17.3 Å². The van der Waals surface area contributed by atoms with Crippen molar-refractivity contribution in [2.24, 2.45) is 5.92 Å². The minimum Gasteiger partial charge on any atom is -0.397 e. The summed E-state index contributed by atoms with van der Waals surface area (Å²) < 4.78 is 38.2. The van der Waals surface area contributed by atoms with Gasteiger partial charge in [-0.2, -0.15) is 13.2 Å². The molecule has 1 aliphatic rings. The van der Waals surface area contributed by atoms with E-state index in [0.717, 1.165) is 17.7 Å². The molecule has 1 aromatic rings. The molecule has 21 heavy (non-hydrogen) atoms. The van der Waals surface area contributed by atoms with Crippen molar-refractivity contribution in [2.75, 3.05) is 12.3 Å². The lowest BCUT2D eigenvalue weighted by Crippen LogP contribution is -2.45. The fourth-order valence-electron chi connectivity index (χ4n) is 2.20. The molecule has 0 aromatic carbocycles. The van der Waals surface area contributed by atoms with Crippen molar-refractivity contribution in [3.05, 3.63) is 23.0 Å². The monoisotopic (exact) mass is 321 g/mol. The summed E-state index contributed by atoms with van der Waals surface area (Å²) >= 11 is 5.81. The van der Waals surface area contributed by atoms with Crippen LogP contribution in [0.2, 0.25) is 5.15 Å². The molecule has 1 saturated carbocycles. The molecule has 0 spiro atoms. The smallest absolute Gasteiger partial charge is 0.397 e. The largest absolute Gasteiger partial charge is 0.406 e. The molecular formula is C13H15ClF3N3O. The number of alkyl halides is 3. The Balaban J connectivity index is 2.30. The highest BCUT2D eigenvalue weighted by Crippen LogP contribution is 2.37. The number of carbonyl (C=O) groups excluding carboxylic acids is 1. The predicted octanol–water partition coefficient (Wildman–Crippen LogP) is 3.12. The van der Waals surface area contributed by atoms with E-state index in [9.17, 15) is 18.0 Å². The zero-order chi connectivity index (χ0) is 15.8. The van der Waals surface area contributed by atoms with Crippen LogP contribution in [0.3, 0.4) is 0 Å². The molecule has 0 bridgehead atoms. The summed E-state index contributed by atoms with van der Waals surface area (Å²) in [5.74, 6) is -0.694. The maximum absolute atomic E-state index is 12.7. The molecule has 1 aromatic heterocycles. The van der Waals surface area contributed by atoms with E-state index in [1.165, 1.54) is 12.3 Å². The molecule has 1 unspecified atom stereocenters. The summed E-state index contributed by atoms with van der Waals surface area (Å²) in [5, 5.41) is -0.149. The van der Waals surface area contributed by atoms with E-state index in [2.05, 4.69) is 4.98 Å². The van der Waals surface area contributed by atoms with Crippen molar-refractivity contribution < 1.29 is 18.0 Å². The van der Waals surface area contributed by atoms with Crippen molar-refractivity contribution in [1.82, 2.24) is 9.88 Å². The Morgan fingerprint density at radius 1 is 1.57 bits per heavy atom. The van der Waals surface area contributed by atoms with E-state index in [-0.39, 0.29) is 22.3 Å². The maximum atomic E-state index is 12.7. The van der Waals surface area contributed by atoms with Gasteiger partial charge in [0, 0.05) is 6.04 Å². The number of halogens is 4. The molecule has 1 fully saturated rings. The number of hydrogen-bond donors (Lipinski definition) is 1. The number of nitrogen functional groups attached to an aromatic ring is 1. The minimum atomic E-state index is -4.47. The zero-order valence-corrected chi connectivity index (χ0v) is 12.1. The number of pyridine rings is 1. The molecule has 2 N–H and O–H groups in total. The third-order valence-corrected chi connectivity index (χ3v) is 3.80. The molecule has 8 heteroatoms. The number of hydrogen-bond acceptors (Lipinski definition) is 3. The Labute approximate surface area is 125 Å². The summed E-state index contributed by atoms with van der Waals surface area (Å²) in [7, 11) is 0. The van der Waals surface area contributed by atoms with Gasteiger partial charge in [0.05, 0.1) is 17.4 Å². The number of aromatic nitrogens is 1. The summed E-state index contributed by atoms with van der Waals surface area (Å²) in [4.78, 5) is 16.9. The Morgan fingerprint density at radius 2 is 2.19 bits per heavy atom. The van der Waals surface area contributed by atoms with Crippen molar-refractivity contribution in [1.29, 1.82) is 0 Å². The fourth-order valence-corrected chi connectivity index (χ4v) is 2.38. The molecule has 1 atom stereocenters. The molecule has 116 valence electrons. The molecule has 0 saturated heterocycles. The Bertz CT molecular complexity index is 546. The van der Waals surface area contributed by atoms with Crippen LogP contribution in [0.5, 0.6) is 0 Å². The SMILES string of the molecule is CC(C1CC1)N(CC(F)(F)F)C(=O)c1cc(N)cnc1Cl. The highest BCUT2D eigenvalue weighted by atomic mass is 35.5. The maximum Gasteiger partial charge on any atom is 0.406 e. The van der Waals surface area contributed by atoms with E-state index < -0.39 is 24.7 Å². The van der Waals surface area contributed by atoms with Crippen molar-refractivity contribution in [2.45, 2.75) is 32.0 Å². The van der Waals surface area contributed by atoms with Crippen LogP contribution in [-0.4, -0.2) is 34.6 Å². The standard InChI is InChI=1S/C13H15ClF3N3O/c1-7(8-2-3-8)20(6-13(15,16)17)12(21)10-4-9(18)5-19-11(10)14/h4-5,7-8H,2-3,6,18H2,1H3. The molecule has 4 nitrogen and oxygen atoms in total. The van der Waals surface area contributed by atoms with Crippen LogP contribution in [0.25, 0.3) is 0 Å². The highest BCUT2D eigenvalue weighted by Gasteiger charge is 2.41. The third-order valence-electron chi connectivity index (χ3n) is 3.50. The van der Waals surface area contributed by atoms with Crippen LogP contribution in [0.4, 0.5) is 18.9 Å². The van der Waals surface area contributed by atoms with Gasteiger partial charge >= 0.3 is 6.18 Å². The van der Waals surface area contributed by atoms with Gasteiger partial charge in [-0.25, -0.2) is 4.98 Å². The number of carbonyl (C=O) groups is 1. The van der Waals surface area contributed by atoms with Gasteiger partial charge < -0.3 is 10.6 Å². The average molecular weight is 322 g/mol. The third kappa shape index (κ3) is 4.00. The first-order chi connectivity index (χ1) is 9.69. The van der Waals surface area contributed by atoms with Gasteiger partial charge in [0.1, 0.15) is 11.7 Å². The number of nitrogens with two attached hydrogens (primary N) is 1. The topological polar surface area (TPSA) is 59.2 Å². The molecule has 1 amide bonds. The van der Waals surface area contributed by atoms with Crippen LogP contribution >= 0.6 is 11.6 Å². The lowest BCUT2D eigenvalue weighted by Gasteiger charge is -2.30. The van der Waals surface area contributed by atoms with Crippen LogP contribution in [-0.2, 0) is 0 Å². The van der Waals surface area contributed by atoms with E-state index in [1.54, 1.807) is 6.92 Å². The first-order valence-electron chi connectivity index (χ1n) is 6.48. The van der Waals surface area contributed by atoms with Crippen molar-refractivity contribution in [3.8, 4) is 0 Å².